The fraction of sp³-hybridized carbons (Fsp3) is 0.571. The van der Waals surface area contributed by atoms with Gasteiger partial charge in [0.15, 0.2) is 5.82 Å². The SMILES string of the molecule is Cc1ccc(OCc2nnc(S[C@H](C)C(=O)N[C@@H]3CCCC[C@@H]3C)n2N)c(C)c1. The van der Waals surface area contributed by atoms with E-state index >= 15 is 0 Å². The number of carbonyl (C=O) groups excluding carboxylic acids is 1. The average Bonchev–Trinajstić information content (AvgIpc) is 3.02. The lowest BCUT2D eigenvalue weighted by atomic mass is 9.86. The molecule has 0 aliphatic heterocycles. The summed E-state index contributed by atoms with van der Waals surface area (Å²) in [6, 6.07) is 6.27. The molecular weight excluding hydrogens is 386 g/mol. The van der Waals surface area contributed by atoms with Crippen molar-refractivity contribution in [2.24, 2.45) is 5.92 Å². The summed E-state index contributed by atoms with van der Waals surface area (Å²) in [6.07, 6.45) is 4.66. The number of ether oxygens (including phenoxy) is 1. The number of hydrogen-bond acceptors (Lipinski definition) is 6. The maximum atomic E-state index is 12.6. The molecule has 0 bridgehead atoms. The minimum Gasteiger partial charge on any atom is -0.485 e. The highest BCUT2D eigenvalue weighted by Crippen LogP contribution is 2.26. The third-order valence-corrected chi connectivity index (χ3v) is 6.57. The van der Waals surface area contributed by atoms with Crippen molar-refractivity contribution >= 4 is 17.7 Å². The summed E-state index contributed by atoms with van der Waals surface area (Å²) < 4.78 is 7.25. The zero-order valence-electron chi connectivity index (χ0n) is 17.6. The van der Waals surface area contributed by atoms with Crippen LogP contribution < -0.4 is 15.9 Å². The molecule has 1 aromatic carbocycles. The molecule has 1 aliphatic rings. The maximum absolute atomic E-state index is 12.6. The van der Waals surface area contributed by atoms with Gasteiger partial charge in [-0.15, -0.1) is 10.2 Å². The summed E-state index contributed by atoms with van der Waals surface area (Å²) in [4.78, 5) is 12.6. The van der Waals surface area contributed by atoms with Gasteiger partial charge >= 0.3 is 0 Å². The number of nitrogen functional groups attached to an aromatic ring is 1. The van der Waals surface area contributed by atoms with Gasteiger partial charge in [0.25, 0.3) is 0 Å². The second-order valence-corrected chi connectivity index (χ2v) is 9.27. The van der Waals surface area contributed by atoms with Crippen LogP contribution in [0.4, 0.5) is 0 Å². The Morgan fingerprint density at radius 3 is 2.83 bits per heavy atom. The molecule has 0 saturated heterocycles. The van der Waals surface area contributed by atoms with E-state index in [1.165, 1.54) is 41.3 Å². The Bertz CT molecular complexity index is 854. The van der Waals surface area contributed by atoms with Gasteiger partial charge in [0.05, 0.1) is 5.25 Å². The molecule has 1 aromatic heterocycles. The smallest absolute Gasteiger partial charge is 0.233 e. The van der Waals surface area contributed by atoms with Gasteiger partial charge in [-0.25, -0.2) is 4.68 Å². The van der Waals surface area contributed by atoms with Gasteiger partial charge in [-0.1, -0.05) is 49.2 Å². The molecule has 3 atom stereocenters. The Morgan fingerprint density at radius 1 is 1.34 bits per heavy atom. The molecule has 0 unspecified atom stereocenters. The number of nitrogens with two attached hydrogens (primary N) is 1. The van der Waals surface area contributed by atoms with Crippen LogP contribution in [0.1, 0.15) is 56.5 Å². The van der Waals surface area contributed by atoms with Crippen molar-refractivity contribution in [1.82, 2.24) is 20.2 Å². The highest BCUT2D eigenvalue weighted by atomic mass is 32.2. The van der Waals surface area contributed by atoms with Crippen molar-refractivity contribution in [2.75, 3.05) is 5.84 Å². The first kappa shape index (κ1) is 21.5. The van der Waals surface area contributed by atoms with Crippen LogP contribution in [0.5, 0.6) is 5.75 Å². The number of rotatable bonds is 7. The Labute approximate surface area is 176 Å². The first-order chi connectivity index (χ1) is 13.8. The minimum absolute atomic E-state index is 0.0184. The Kier molecular flexibility index (Phi) is 7.05. The van der Waals surface area contributed by atoms with Crippen molar-refractivity contribution in [3.8, 4) is 5.75 Å². The van der Waals surface area contributed by atoms with E-state index in [2.05, 4.69) is 28.5 Å². The number of aromatic nitrogens is 3. The number of carbonyl (C=O) groups is 1. The number of aryl methyl sites for hydroxylation is 2. The van der Waals surface area contributed by atoms with Crippen LogP contribution in [0.15, 0.2) is 23.4 Å². The van der Waals surface area contributed by atoms with Crippen molar-refractivity contribution < 1.29 is 9.53 Å². The van der Waals surface area contributed by atoms with E-state index in [9.17, 15) is 4.79 Å². The molecule has 8 heteroatoms. The third kappa shape index (κ3) is 5.44. The first-order valence-electron chi connectivity index (χ1n) is 10.2. The monoisotopic (exact) mass is 417 g/mol. The van der Waals surface area contributed by atoms with Crippen LogP contribution in [0.2, 0.25) is 0 Å². The number of benzene rings is 1. The maximum Gasteiger partial charge on any atom is 0.233 e. The molecule has 0 spiro atoms. The predicted octanol–water partition coefficient (Wildman–Crippen LogP) is 3.36. The Balaban J connectivity index is 1.56. The fourth-order valence-electron chi connectivity index (χ4n) is 3.63. The summed E-state index contributed by atoms with van der Waals surface area (Å²) in [5, 5.41) is 11.7. The van der Waals surface area contributed by atoms with Crippen molar-refractivity contribution in [2.45, 2.75) is 76.4 Å². The van der Waals surface area contributed by atoms with Crippen LogP contribution in [-0.4, -0.2) is 32.1 Å². The summed E-state index contributed by atoms with van der Waals surface area (Å²) in [5.41, 5.74) is 2.25. The van der Waals surface area contributed by atoms with E-state index in [-0.39, 0.29) is 23.8 Å². The molecular formula is C21H31N5O2S. The predicted molar refractivity (Wildman–Crippen MR) is 115 cm³/mol. The third-order valence-electron chi connectivity index (χ3n) is 5.51. The molecule has 158 valence electrons. The summed E-state index contributed by atoms with van der Waals surface area (Å²) in [5.74, 6) is 8.00. The second-order valence-electron chi connectivity index (χ2n) is 7.96. The van der Waals surface area contributed by atoms with Crippen LogP contribution >= 0.6 is 11.8 Å². The van der Waals surface area contributed by atoms with Crippen molar-refractivity contribution in [1.29, 1.82) is 0 Å². The van der Waals surface area contributed by atoms with E-state index in [0.717, 1.165) is 17.7 Å². The van der Waals surface area contributed by atoms with E-state index in [1.807, 2.05) is 32.9 Å². The van der Waals surface area contributed by atoms with Crippen LogP contribution in [-0.2, 0) is 11.4 Å². The molecule has 7 nitrogen and oxygen atoms in total. The molecule has 1 saturated carbocycles. The fourth-order valence-corrected chi connectivity index (χ4v) is 4.43. The molecule has 2 aromatic rings. The highest BCUT2D eigenvalue weighted by molar-refractivity contribution is 8.00. The summed E-state index contributed by atoms with van der Waals surface area (Å²) in [6.45, 7) is 8.34. The molecule has 1 amide bonds. The summed E-state index contributed by atoms with van der Waals surface area (Å²) in [7, 11) is 0. The van der Waals surface area contributed by atoms with Crippen LogP contribution in [0, 0.1) is 19.8 Å². The molecule has 1 aliphatic carbocycles. The standard InChI is InChI=1S/C21H31N5O2S/c1-13-9-10-18(15(3)11-13)28-12-19-24-25-21(26(19)22)29-16(4)20(27)23-17-8-6-5-7-14(17)2/h9-11,14,16-17H,5-8,12,22H2,1-4H3,(H,23,27)/t14-,16+,17+/m0/s1. The van der Waals surface area contributed by atoms with Gasteiger partial charge in [-0.2, -0.15) is 0 Å². The van der Waals surface area contributed by atoms with E-state index in [4.69, 9.17) is 10.6 Å². The number of nitrogens with one attached hydrogen (secondary N) is 1. The van der Waals surface area contributed by atoms with Gasteiger partial charge in [-0.3, -0.25) is 4.79 Å². The molecule has 0 radical (unpaired) electrons. The van der Waals surface area contributed by atoms with Crippen molar-refractivity contribution in [3.05, 3.63) is 35.2 Å². The molecule has 29 heavy (non-hydrogen) atoms. The molecule has 3 rings (SSSR count). The van der Waals surface area contributed by atoms with Gasteiger partial charge in [0.1, 0.15) is 12.4 Å². The topological polar surface area (TPSA) is 95.1 Å². The number of hydrogen-bond donors (Lipinski definition) is 2. The lowest BCUT2D eigenvalue weighted by Gasteiger charge is -2.30. The number of thioether (sulfide) groups is 1. The van der Waals surface area contributed by atoms with E-state index in [0.29, 0.717) is 16.9 Å². The molecule has 1 fully saturated rings. The second kappa shape index (κ2) is 9.52. The van der Waals surface area contributed by atoms with Gasteiger partial charge < -0.3 is 15.9 Å². The van der Waals surface area contributed by atoms with E-state index in [1.54, 1.807) is 0 Å². The lowest BCUT2D eigenvalue weighted by Crippen LogP contribution is -2.44. The minimum atomic E-state index is -0.302. The van der Waals surface area contributed by atoms with Crippen LogP contribution in [0.3, 0.4) is 0 Å². The summed E-state index contributed by atoms with van der Waals surface area (Å²) >= 11 is 1.31. The number of amides is 1. The number of nitrogens with zero attached hydrogens (tertiary/aromatic N) is 3. The van der Waals surface area contributed by atoms with Crippen molar-refractivity contribution in [3.63, 3.8) is 0 Å². The zero-order valence-corrected chi connectivity index (χ0v) is 18.5. The van der Waals surface area contributed by atoms with Gasteiger partial charge in [-0.05, 0) is 51.2 Å². The molecule has 3 N–H and O–H groups in total. The zero-order chi connectivity index (χ0) is 21.0. The Hall–Kier alpha value is -2.22. The molecule has 1 heterocycles. The Morgan fingerprint density at radius 2 is 2.10 bits per heavy atom. The lowest BCUT2D eigenvalue weighted by molar-refractivity contribution is -0.121. The van der Waals surface area contributed by atoms with E-state index < -0.39 is 0 Å². The highest BCUT2D eigenvalue weighted by Gasteiger charge is 2.26. The van der Waals surface area contributed by atoms with Crippen LogP contribution in [0.25, 0.3) is 0 Å². The largest absolute Gasteiger partial charge is 0.485 e. The quantitative estimate of drug-likeness (QED) is 0.530. The average molecular weight is 418 g/mol. The normalized spacial score (nSPS) is 20.3. The first-order valence-corrected chi connectivity index (χ1v) is 11.1. The van der Waals surface area contributed by atoms with Gasteiger partial charge in [0.2, 0.25) is 11.1 Å². The van der Waals surface area contributed by atoms with Gasteiger partial charge in [0, 0.05) is 6.04 Å².